The molecule has 0 unspecified atom stereocenters. The van der Waals surface area contributed by atoms with Crippen LogP contribution in [0.5, 0.6) is 0 Å². The van der Waals surface area contributed by atoms with Gasteiger partial charge in [-0.25, -0.2) is 11.6 Å². The zero-order valence-electron chi connectivity index (χ0n) is 12.0. The zero-order chi connectivity index (χ0) is 12.3. The maximum absolute atomic E-state index is 2.20. The van der Waals surface area contributed by atoms with Gasteiger partial charge in [-0.1, -0.05) is 26.8 Å². The molecule has 0 saturated carbocycles. The van der Waals surface area contributed by atoms with E-state index in [4.69, 9.17) is 0 Å². The van der Waals surface area contributed by atoms with Crippen molar-refractivity contribution >= 4 is 10.8 Å². The fourth-order valence-electron chi connectivity index (χ4n) is 2.02. The third kappa shape index (κ3) is 6.40. The SMILES string of the molecule is Cc1cc2ccccc2[cH-]1.Cc1cc[c-](C)c1.[Cl-].[Cl-].[Zr+4]. The Morgan fingerprint density at radius 1 is 1.00 bits per heavy atom. The van der Waals surface area contributed by atoms with Crippen molar-refractivity contribution in [3.05, 3.63) is 71.3 Å². The van der Waals surface area contributed by atoms with E-state index in [0.717, 1.165) is 0 Å². The van der Waals surface area contributed by atoms with Gasteiger partial charge in [-0.05, 0) is 0 Å². The predicted molar refractivity (Wildman–Crippen MR) is 75.8 cm³/mol. The Bertz CT molecular complexity index is 559. The molecule has 0 nitrogen and oxygen atoms in total. The molecule has 104 valence electrons. The largest absolute Gasteiger partial charge is 4.00 e. The van der Waals surface area contributed by atoms with E-state index in [0.29, 0.717) is 0 Å². The van der Waals surface area contributed by atoms with Crippen LogP contribution < -0.4 is 24.8 Å². The second kappa shape index (κ2) is 10.4. The van der Waals surface area contributed by atoms with Crippen LogP contribution in [0, 0.1) is 20.8 Å². The van der Waals surface area contributed by atoms with Crippen LogP contribution in [0.1, 0.15) is 16.7 Å². The van der Waals surface area contributed by atoms with Crippen LogP contribution in [0.25, 0.3) is 10.8 Å². The number of hydrogen-bond donors (Lipinski definition) is 0. The average Bonchev–Trinajstić information content (AvgIpc) is 2.83. The first-order valence-corrected chi connectivity index (χ1v) is 5.97. The van der Waals surface area contributed by atoms with E-state index in [1.165, 1.54) is 27.5 Å². The van der Waals surface area contributed by atoms with Gasteiger partial charge in [0.05, 0.1) is 0 Å². The third-order valence-electron chi connectivity index (χ3n) is 2.83. The van der Waals surface area contributed by atoms with Crippen molar-refractivity contribution in [2.45, 2.75) is 20.8 Å². The minimum Gasteiger partial charge on any atom is -1.00 e. The Balaban J connectivity index is 0. The third-order valence-corrected chi connectivity index (χ3v) is 2.83. The number of fused-ring (bicyclic) bond motifs is 1. The molecule has 0 aliphatic heterocycles. The molecule has 0 aliphatic rings. The normalized spacial score (nSPS) is 8.55. The standard InChI is InChI=1S/C10H9.C7H9.2ClH.Zr/c1-8-6-9-4-2-3-5-10(9)7-8;1-6-3-4-7(2)5-6;;;/h2-7H,1H3;3-5H,1-2H3;2*1H;/q2*-1;;;+4/p-2. The first-order chi connectivity index (χ1) is 8.15. The molecule has 0 amide bonds. The van der Waals surface area contributed by atoms with Crippen LogP contribution in [0.3, 0.4) is 0 Å². The van der Waals surface area contributed by atoms with E-state index in [-0.39, 0.29) is 51.0 Å². The molecule has 0 saturated heterocycles. The number of rotatable bonds is 0. The summed E-state index contributed by atoms with van der Waals surface area (Å²) in [4.78, 5) is 0. The molecule has 3 aromatic rings. The van der Waals surface area contributed by atoms with Crippen LogP contribution in [-0.2, 0) is 26.2 Å². The van der Waals surface area contributed by atoms with Crippen molar-refractivity contribution < 1.29 is 51.0 Å². The molecular formula is C17H18Cl2Zr. The zero-order valence-corrected chi connectivity index (χ0v) is 15.9. The van der Waals surface area contributed by atoms with Crippen LogP contribution in [0.15, 0.2) is 54.6 Å². The van der Waals surface area contributed by atoms with E-state index < -0.39 is 0 Å². The second-order valence-electron chi connectivity index (χ2n) is 4.63. The van der Waals surface area contributed by atoms with Gasteiger partial charge >= 0.3 is 26.2 Å². The average molecular weight is 384 g/mol. The Hall–Kier alpha value is -0.357. The topological polar surface area (TPSA) is 0 Å². The van der Waals surface area contributed by atoms with Gasteiger partial charge in [-0.15, -0.1) is 40.6 Å². The first kappa shape index (κ1) is 21.9. The maximum atomic E-state index is 2.20. The molecule has 3 aromatic carbocycles. The maximum Gasteiger partial charge on any atom is 4.00 e. The number of benzene rings is 1. The molecule has 0 spiro atoms. The van der Waals surface area contributed by atoms with Gasteiger partial charge in [0.1, 0.15) is 0 Å². The number of hydrogen-bond acceptors (Lipinski definition) is 0. The molecule has 0 atom stereocenters. The number of halogens is 2. The summed E-state index contributed by atoms with van der Waals surface area (Å²) in [7, 11) is 0. The molecule has 3 rings (SSSR count). The van der Waals surface area contributed by atoms with E-state index in [9.17, 15) is 0 Å². The Morgan fingerprint density at radius 2 is 1.65 bits per heavy atom. The minimum absolute atomic E-state index is 0. The van der Waals surface area contributed by atoms with Gasteiger partial charge in [-0.3, -0.25) is 0 Å². The molecule has 0 aromatic heterocycles. The van der Waals surface area contributed by atoms with E-state index in [1.807, 2.05) is 0 Å². The summed E-state index contributed by atoms with van der Waals surface area (Å²) in [5.74, 6) is 0. The minimum atomic E-state index is 0. The van der Waals surface area contributed by atoms with Gasteiger partial charge in [0.15, 0.2) is 0 Å². The molecule has 3 heteroatoms. The molecule has 0 radical (unpaired) electrons. The summed E-state index contributed by atoms with van der Waals surface area (Å²) < 4.78 is 0. The van der Waals surface area contributed by atoms with Gasteiger partial charge < -0.3 is 24.8 Å². The molecule has 0 N–H and O–H groups in total. The van der Waals surface area contributed by atoms with Crippen molar-refractivity contribution in [2.75, 3.05) is 0 Å². The van der Waals surface area contributed by atoms with Crippen molar-refractivity contribution in [3.8, 4) is 0 Å². The Morgan fingerprint density at radius 3 is 2.10 bits per heavy atom. The predicted octanol–water partition coefficient (Wildman–Crippen LogP) is -1.11. The van der Waals surface area contributed by atoms with E-state index in [1.54, 1.807) is 0 Å². The summed E-state index contributed by atoms with van der Waals surface area (Å²) in [5, 5.41) is 2.69. The number of aryl methyl sites for hydroxylation is 3. The van der Waals surface area contributed by atoms with E-state index >= 15 is 0 Å². The Kier molecular flexibility index (Phi) is 11.4. The molecule has 0 aliphatic carbocycles. The molecular weight excluding hydrogens is 366 g/mol. The quantitative estimate of drug-likeness (QED) is 0.432. The van der Waals surface area contributed by atoms with Crippen LogP contribution in [0.2, 0.25) is 0 Å². The summed E-state index contributed by atoms with van der Waals surface area (Å²) in [5.41, 5.74) is 4.07. The van der Waals surface area contributed by atoms with Gasteiger partial charge in [-0.2, -0.15) is 23.8 Å². The van der Waals surface area contributed by atoms with Crippen molar-refractivity contribution in [3.63, 3.8) is 0 Å². The van der Waals surface area contributed by atoms with Crippen molar-refractivity contribution in [1.82, 2.24) is 0 Å². The van der Waals surface area contributed by atoms with Gasteiger partial charge in [0.25, 0.3) is 0 Å². The smallest absolute Gasteiger partial charge is 1.00 e. The summed E-state index contributed by atoms with van der Waals surface area (Å²) in [6, 6.07) is 19.2. The molecule has 0 bridgehead atoms. The fraction of sp³-hybridized carbons (Fsp3) is 0.176. The first-order valence-electron chi connectivity index (χ1n) is 5.97. The molecule has 0 fully saturated rings. The molecule has 0 heterocycles. The summed E-state index contributed by atoms with van der Waals surface area (Å²) in [6.07, 6.45) is 0. The Labute approximate surface area is 153 Å². The van der Waals surface area contributed by atoms with Crippen LogP contribution >= 0.6 is 0 Å². The summed E-state index contributed by atoms with van der Waals surface area (Å²) in [6.45, 7) is 6.33. The van der Waals surface area contributed by atoms with Crippen LogP contribution in [-0.4, -0.2) is 0 Å². The monoisotopic (exact) mass is 382 g/mol. The van der Waals surface area contributed by atoms with Gasteiger partial charge in [0, 0.05) is 0 Å². The van der Waals surface area contributed by atoms with Crippen LogP contribution in [0.4, 0.5) is 0 Å². The van der Waals surface area contributed by atoms with Gasteiger partial charge in [0.2, 0.25) is 0 Å². The van der Waals surface area contributed by atoms with Crippen molar-refractivity contribution in [1.29, 1.82) is 0 Å². The fourth-order valence-corrected chi connectivity index (χ4v) is 2.02. The van der Waals surface area contributed by atoms with E-state index in [2.05, 4.69) is 75.4 Å². The summed E-state index contributed by atoms with van der Waals surface area (Å²) >= 11 is 0. The molecule has 20 heavy (non-hydrogen) atoms. The van der Waals surface area contributed by atoms with Crippen molar-refractivity contribution in [2.24, 2.45) is 0 Å². The second-order valence-corrected chi connectivity index (χ2v) is 4.63.